The normalized spacial score (nSPS) is 18.6. The first-order valence-corrected chi connectivity index (χ1v) is 6.64. The van der Waals surface area contributed by atoms with Gasteiger partial charge in [-0.25, -0.2) is 4.39 Å². The highest BCUT2D eigenvalue weighted by atomic mass is 32.2. The molecule has 2 nitrogen and oxygen atoms in total. The third kappa shape index (κ3) is 2.50. The van der Waals surface area contributed by atoms with Crippen LogP contribution in [0.3, 0.4) is 0 Å². The molecular formula is C12H16FNOS. The Balaban J connectivity index is 2.21. The largest absolute Gasteiger partial charge is 0.389 e. The first-order chi connectivity index (χ1) is 7.68. The fourth-order valence-electron chi connectivity index (χ4n) is 1.84. The molecule has 4 heteroatoms. The second kappa shape index (κ2) is 5.06. The lowest BCUT2D eigenvalue weighted by Gasteiger charge is -2.29. The molecule has 16 heavy (non-hydrogen) atoms. The maximum atomic E-state index is 13.8. The molecule has 0 radical (unpaired) electrons. The minimum Gasteiger partial charge on any atom is -0.389 e. The smallest absolute Gasteiger partial charge is 0.146 e. The topological polar surface area (TPSA) is 23.5 Å². The van der Waals surface area contributed by atoms with Gasteiger partial charge in [-0.15, -0.1) is 0 Å². The van der Waals surface area contributed by atoms with E-state index in [0.29, 0.717) is 11.3 Å². The zero-order chi connectivity index (χ0) is 11.5. The van der Waals surface area contributed by atoms with Crippen molar-refractivity contribution < 1.29 is 9.50 Å². The van der Waals surface area contributed by atoms with Crippen molar-refractivity contribution in [2.24, 2.45) is 0 Å². The molecule has 0 bridgehead atoms. The number of benzene rings is 1. The highest BCUT2D eigenvalue weighted by molar-refractivity contribution is 7.99. The number of aliphatic hydroxyl groups excluding tert-OH is 1. The van der Waals surface area contributed by atoms with Crippen LogP contribution in [0.5, 0.6) is 0 Å². The van der Waals surface area contributed by atoms with Crippen molar-refractivity contribution in [3.8, 4) is 0 Å². The van der Waals surface area contributed by atoms with E-state index in [9.17, 15) is 9.50 Å². The van der Waals surface area contributed by atoms with Crippen LogP contribution in [0.2, 0.25) is 0 Å². The molecule has 0 aromatic heterocycles. The average Bonchev–Trinajstić information content (AvgIpc) is 2.30. The van der Waals surface area contributed by atoms with Crippen molar-refractivity contribution in [2.75, 3.05) is 29.5 Å². The van der Waals surface area contributed by atoms with Gasteiger partial charge in [-0.05, 0) is 24.6 Å². The van der Waals surface area contributed by atoms with Crippen molar-refractivity contribution in [1.82, 2.24) is 0 Å². The monoisotopic (exact) mass is 241 g/mol. The Labute approximate surface area is 99.5 Å². The number of rotatable bonds is 2. The Morgan fingerprint density at radius 1 is 1.38 bits per heavy atom. The molecule has 88 valence electrons. The predicted octanol–water partition coefficient (Wildman–Crippen LogP) is 2.43. The van der Waals surface area contributed by atoms with Crippen molar-refractivity contribution in [3.05, 3.63) is 29.6 Å². The predicted molar refractivity (Wildman–Crippen MR) is 66.6 cm³/mol. The molecule has 1 heterocycles. The quantitative estimate of drug-likeness (QED) is 0.860. The van der Waals surface area contributed by atoms with E-state index >= 15 is 0 Å². The lowest BCUT2D eigenvalue weighted by atomic mass is 10.1. The van der Waals surface area contributed by atoms with Gasteiger partial charge in [0, 0.05) is 24.6 Å². The van der Waals surface area contributed by atoms with Gasteiger partial charge in [0.05, 0.1) is 11.8 Å². The van der Waals surface area contributed by atoms with Gasteiger partial charge in [-0.1, -0.05) is 6.07 Å². The van der Waals surface area contributed by atoms with E-state index in [1.807, 2.05) is 11.8 Å². The van der Waals surface area contributed by atoms with Crippen molar-refractivity contribution in [1.29, 1.82) is 0 Å². The maximum absolute atomic E-state index is 13.8. The summed E-state index contributed by atoms with van der Waals surface area (Å²) in [6, 6.07) is 5.00. The Kier molecular flexibility index (Phi) is 3.71. The first-order valence-electron chi connectivity index (χ1n) is 5.48. The fraction of sp³-hybridized carbons (Fsp3) is 0.500. The minimum absolute atomic E-state index is 0.231. The molecule has 2 rings (SSSR count). The second-order valence-corrected chi connectivity index (χ2v) is 5.21. The van der Waals surface area contributed by atoms with E-state index in [2.05, 4.69) is 4.90 Å². The van der Waals surface area contributed by atoms with Crippen molar-refractivity contribution >= 4 is 17.4 Å². The molecule has 1 aromatic rings. The van der Waals surface area contributed by atoms with Gasteiger partial charge < -0.3 is 10.0 Å². The van der Waals surface area contributed by atoms with Gasteiger partial charge >= 0.3 is 0 Å². The van der Waals surface area contributed by atoms with Gasteiger partial charge in [-0.3, -0.25) is 0 Å². The molecule has 0 spiro atoms. The summed E-state index contributed by atoms with van der Waals surface area (Å²) < 4.78 is 13.8. The SMILES string of the molecule is CC(O)c1ccc(N2CCSCC2)c(F)c1. The zero-order valence-electron chi connectivity index (χ0n) is 9.32. The minimum atomic E-state index is -0.611. The third-order valence-corrected chi connectivity index (χ3v) is 3.75. The van der Waals surface area contributed by atoms with Gasteiger partial charge in [0.1, 0.15) is 5.82 Å². The van der Waals surface area contributed by atoms with E-state index < -0.39 is 6.10 Å². The summed E-state index contributed by atoms with van der Waals surface area (Å²) in [6.45, 7) is 3.44. The van der Waals surface area contributed by atoms with Gasteiger partial charge in [0.2, 0.25) is 0 Å². The number of nitrogens with zero attached hydrogens (tertiary/aromatic N) is 1. The second-order valence-electron chi connectivity index (χ2n) is 3.99. The summed E-state index contributed by atoms with van der Waals surface area (Å²) in [6.07, 6.45) is -0.611. The van der Waals surface area contributed by atoms with Crippen LogP contribution in [0, 0.1) is 5.82 Å². The number of thioether (sulfide) groups is 1. The number of hydrogen-bond donors (Lipinski definition) is 1. The van der Waals surface area contributed by atoms with Crippen molar-refractivity contribution in [2.45, 2.75) is 13.0 Å². The van der Waals surface area contributed by atoms with Crippen molar-refractivity contribution in [3.63, 3.8) is 0 Å². The van der Waals surface area contributed by atoms with Crippen LogP contribution in [0.15, 0.2) is 18.2 Å². The summed E-state index contributed by atoms with van der Waals surface area (Å²) >= 11 is 1.90. The molecular weight excluding hydrogens is 225 g/mol. The van der Waals surface area contributed by atoms with Crippen LogP contribution in [-0.2, 0) is 0 Å². The maximum Gasteiger partial charge on any atom is 0.146 e. The number of anilines is 1. The number of aliphatic hydroxyl groups is 1. The molecule has 1 aromatic carbocycles. The van der Waals surface area contributed by atoms with Gasteiger partial charge in [0.25, 0.3) is 0 Å². The highest BCUT2D eigenvalue weighted by Crippen LogP contribution is 2.25. The van der Waals surface area contributed by atoms with Gasteiger partial charge in [-0.2, -0.15) is 11.8 Å². The summed E-state index contributed by atoms with van der Waals surface area (Å²) in [5, 5.41) is 9.37. The highest BCUT2D eigenvalue weighted by Gasteiger charge is 2.15. The molecule has 1 N–H and O–H groups in total. The lowest BCUT2D eigenvalue weighted by molar-refractivity contribution is 0.199. The third-order valence-electron chi connectivity index (χ3n) is 2.81. The van der Waals surface area contributed by atoms with Crippen LogP contribution in [0.4, 0.5) is 10.1 Å². The fourth-order valence-corrected chi connectivity index (χ4v) is 2.75. The first kappa shape index (κ1) is 11.7. The molecule has 1 aliphatic rings. The average molecular weight is 241 g/mol. The molecule has 1 aliphatic heterocycles. The molecule has 1 saturated heterocycles. The van der Waals surface area contributed by atoms with E-state index in [0.717, 1.165) is 24.6 Å². The van der Waals surface area contributed by atoms with E-state index in [1.165, 1.54) is 6.07 Å². The summed E-state index contributed by atoms with van der Waals surface area (Å²) in [5.74, 6) is 1.88. The molecule has 1 atom stereocenters. The lowest BCUT2D eigenvalue weighted by Crippen LogP contribution is -2.33. The molecule has 0 aliphatic carbocycles. The Morgan fingerprint density at radius 2 is 2.06 bits per heavy atom. The Hall–Kier alpha value is -0.740. The van der Waals surface area contributed by atoms with Gasteiger partial charge in [0.15, 0.2) is 0 Å². The molecule has 1 fully saturated rings. The standard InChI is InChI=1S/C12H16FNOS/c1-9(15)10-2-3-12(11(13)8-10)14-4-6-16-7-5-14/h2-3,8-9,15H,4-7H2,1H3. The molecule has 1 unspecified atom stereocenters. The molecule has 0 amide bonds. The molecule has 0 saturated carbocycles. The summed E-state index contributed by atoms with van der Waals surface area (Å²) in [7, 11) is 0. The number of halogens is 1. The Bertz CT molecular complexity index is 364. The Morgan fingerprint density at radius 3 is 2.62 bits per heavy atom. The van der Waals surface area contributed by atoms with E-state index in [1.54, 1.807) is 19.1 Å². The van der Waals surface area contributed by atoms with Crippen LogP contribution in [0.1, 0.15) is 18.6 Å². The number of hydrogen-bond acceptors (Lipinski definition) is 3. The van der Waals surface area contributed by atoms with Crippen LogP contribution >= 0.6 is 11.8 Å². The van der Waals surface area contributed by atoms with Crippen LogP contribution in [0.25, 0.3) is 0 Å². The summed E-state index contributed by atoms with van der Waals surface area (Å²) in [5.41, 5.74) is 1.29. The van der Waals surface area contributed by atoms with Crippen LogP contribution < -0.4 is 4.90 Å². The summed E-state index contributed by atoms with van der Waals surface area (Å²) in [4.78, 5) is 2.07. The van der Waals surface area contributed by atoms with E-state index in [-0.39, 0.29) is 5.82 Å². The van der Waals surface area contributed by atoms with Crippen LogP contribution in [-0.4, -0.2) is 29.7 Å². The van der Waals surface area contributed by atoms with E-state index in [4.69, 9.17) is 0 Å². The zero-order valence-corrected chi connectivity index (χ0v) is 10.1.